The predicted molar refractivity (Wildman–Crippen MR) is 98.7 cm³/mol. The quantitative estimate of drug-likeness (QED) is 0.809. The summed E-state index contributed by atoms with van der Waals surface area (Å²) < 4.78 is 0. The van der Waals surface area contributed by atoms with Gasteiger partial charge in [0.1, 0.15) is 0 Å². The maximum absolute atomic E-state index is 12.1. The number of amides is 1. The van der Waals surface area contributed by atoms with Crippen LogP contribution in [0.2, 0.25) is 0 Å². The van der Waals surface area contributed by atoms with Crippen molar-refractivity contribution in [3.05, 3.63) is 59.7 Å². The number of benzene rings is 2. The maximum Gasteiger partial charge on any atom is 0.243 e. The Kier molecular flexibility index (Phi) is 5.39. The molecule has 0 aromatic heterocycles. The summed E-state index contributed by atoms with van der Waals surface area (Å²) in [6.45, 7) is 8.13. The Morgan fingerprint density at radius 3 is 2.17 bits per heavy atom. The van der Waals surface area contributed by atoms with Crippen LogP contribution >= 0.6 is 0 Å². The third-order valence-electron chi connectivity index (χ3n) is 3.75. The third kappa shape index (κ3) is 4.69. The van der Waals surface area contributed by atoms with Gasteiger partial charge in [-0.1, -0.05) is 39.0 Å². The molecule has 0 fully saturated rings. The number of para-hydroxylation sites is 1. The van der Waals surface area contributed by atoms with Gasteiger partial charge in [-0.15, -0.1) is 0 Å². The first-order valence-corrected chi connectivity index (χ1v) is 8.01. The van der Waals surface area contributed by atoms with Crippen LogP contribution in [0.5, 0.6) is 0 Å². The van der Waals surface area contributed by atoms with Gasteiger partial charge in [0.15, 0.2) is 5.78 Å². The molecule has 2 N–H and O–H groups in total. The van der Waals surface area contributed by atoms with Crippen molar-refractivity contribution in [3.8, 4) is 0 Å². The molecule has 0 bridgehead atoms. The van der Waals surface area contributed by atoms with Crippen molar-refractivity contribution in [3.63, 3.8) is 0 Å². The number of anilines is 2. The second-order valence-corrected chi connectivity index (χ2v) is 6.83. The fraction of sp³-hybridized carbons (Fsp3) is 0.300. The molecule has 2 aromatic rings. The Balaban J connectivity index is 1.98. The van der Waals surface area contributed by atoms with Crippen molar-refractivity contribution in [1.29, 1.82) is 0 Å². The number of ketones is 1. The fourth-order valence-corrected chi connectivity index (χ4v) is 2.46. The summed E-state index contributed by atoms with van der Waals surface area (Å²) in [6, 6.07) is 14.9. The van der Waals surface area contributed by atoms with Crippen LogP contribution in [0.4, 0.5) is 11.4 Å². The monoisotopic (exact) mass is 324 g/mol. The van der Waals surface area contributed by atoms with E-state index in [1.54, 1.807) is 24.3 Å². The molecule has 0 spiro atoms. The van der Waals surface area contributed by atoms with Crippen molar-refractivity contribution in [2.45, 2.75) is 33.1 Å². The molecule has 0 atom stereocenters. The molecule has 2 rings (SSSR count). The van der Waals surface area contributed by atoms with Gasteiger partial charge >= 0.3 is 0 Å². The van der Waals surface area contributed by atoms with Crippen LogP contribution in [-0.4, -0.2) is 18.2 Å². The van der Waals surface area contributed by atoms with Gasteiger partial charge in [0.25, 0.3) is 0 Å². The predicted octanol–water partition coefficient (Wildman–Crippen LogP) is 4.24. The van der Waals surface area contributed by atoms with E-state index in [9.17, 15) is 9.59 Å². The Morgan fingerprint density at radius 2 is 1.58 bits per heavy atom. The molecular formula is C20H24N2O2. The van der Waals surface area contributed by atoms with Crippen LogP contribution in [0.15, 0.2) is 48.5 Å². The number of rotatable bonds is 5. The number of hydrogen-bond donors (Lipinski definition) is 2. The molecular weight excluding hydrogens is 300 g/mol. The summed E-state index contributed by atoms with van der Waals surface area (Å²) in [7, 11) is 0. The van der Waals surface area contributed by atoms with Crippen LogP contribution < -0.4 is 10.6 Å². The Labute approximate surface area is 143 Å². The van der Waals surface area contributed by atoms with E-state index < -0.39 is 0 Å². The van der Waals surface area contributed by atoms with Gasteiger partial charge < -0.3 is 10.6 Å². The zero-order valence-electron chi connectivity index (χ0n) is 14.6. The summed E-state index contributed by atoms with van der Waals surface area (Å²) in [6.07, 6.45) is 0. The molecule has 0 radical (unpaired) electrons. The first-order chi connectivity index (χ1) is 11.3. The van der Waals surface area contributed by atoms with Crippen molar-refractivity contribution >= 4 is 23.1 Å². The molecule has 4 heteroatoms. The second kappa shape index (κ2) is 7.30. The molecule has 0 unspecified atom stereocenters. The first kappa shape index (κ1) is 17.7. The average Bonchev–Trinajstić information content (AvgIpc) is 2.53. The Hall–Kier alpha value is -2.62. The van der Waals surface area contributed by atoms with Gasteiger partial charge in [0.2, 0.25) is 5.91 Å². The van der Waals surface area contributed by atoms with E-state index in [0.717, 1.165) is 5.69 Å². The zero-order valence-corrected chi connectivity index (χ0v) is 14.6. The summed E-state index contributed by atoms with van der Waals surface area (Å²) in [4.78, 5) is 23.4. The highest BCUT2D eigenvalue weighted by Crippen LogP contribution is 2.29. The van der Waals surface area contributed by atoms with E-state index in [4.69, 9.17) is 0 Å². The van der Waals surface area contributed by atoms with Gasteiger partial charge in [0.05, 0.1) is 6.54 Å². The number of carbonyl (C=O) groups excluding carboxylic acids is 2. The molecule has 0 aliphatic rings. The summed E-state index contributed by atoms with van der Waals surface area (Å²) >= 11 is 0. The van der Waals surface area contributed by atoms with Gasteiger partial charge in [-0.25, -0.2) is 0 Å². The normalized spacial score (nSPS) is 11.0. The molecule has 1 amide bonds. The molecule has 0 aliphatic carbocycles. The van der Waals surface area contributed by atoms with Crippen LogP contribution in [0, 0.1) is 0 Å². The summed E-state index contributed by atoms with van der Waals surface area (Å²) in [5.74, 6) is -0.123. The molecule has 0 aliphatic heterocycles. The summed E-state index contributed by atoms with van der Waals surface area (Å²) in [5.41, 5.74) is 3.44. The molecule has 4 nitrogen and oxygen atoms in total. The van der Waals surface area contributed by atoms with E-state index in [1.807, 2.05) is 18.2 Å². The lowest BCUT2D eigenvalue weighted by Crippen LogP contribution is -2.23. The largest absolute Gasteiger partial charge is 0.376 e. The van der Waals surface area contributed by atoms with Crippen molar-refractivity contribution in [2.75, 3.05) is 17.2 Å². The molecule has 24 heavy (non-hydrogen) atoms. The number of Topliss-reactive ketones (excluding diaryl/α,β-unsaturated/α-hetero) is 1. The van der Waals surface area contributed by atoms with E-state index in [1.165, 1.54) is 12.5 Å². The van der Waals surface area contributed by atoms with E-state index in [2.05, 4.69) is 37.5 Å². The van der Waals surface area contributed by atoms with Crippen molar-refractivity contribution in [1.82, 2.24) is 0 Å². The number of carbonyl (C=O) groups is 2. The molecule has 0 saturated heterocycles. The minimum absolute atomic E-state index is 0.00257. The highest BCUT2D eigenvalue weighted by Gasteiger charge is 2.17. The second-order valence-electron chi connectivity index (χ2n) is 6.83. The molecule has 2 aromatic carbocycles. The molecule has 0 saturated carbocycles. The highest BCUT2D eigenvalue weighted by atomic mass is 16.2. The van der Waals surface area contributed by atoms with E-state index >= 15 is 0 Å². The van der Waals surface area contributed by atoms with Gasteiger partial charge in [-0.05, 0) is 48.2 Å². The van der Waals surface area contributed by atoms with Crippen molar-refractivity contribution in [2.24, 2.45) is 0 Å². The lowest BCUT2D eigenvalue weighted by molar-refractivity contribution is -0.114. The maximum atomic E-state index is 12.1. The number of hydrogen-bond acceptors (Lipinski definition) is 3. The van der Waals surface area contributed by atoms with Crippen LogP contribution in [-0.2, 0) is 10.2 Å². The Morgan fingerprint density at radius 1 is 0.958 bits per heavy atom. The minimum Gasteiger partial charge on any atom is -0.376 e. The van der Waals surface area contributed by atoms with Gasteiger partial charge in [0, 0.05) is 16.9 Å². The van der Waals surface area contributed by atoms with E-state index in [0.29, 0.717) is 11.3 Å². The lowest BCUT2D eigenvalue weighted by Gasteiger charge is -2.23. The smallest absolute Gasteiger partial charge is 0.243 e. The van der Waals surface area contributed by atoms with Crippen LogP contribution in [0.1, 0.15) is 43.6 Å². The molecule has 126 valence electrons. The van der Waals surface area contributed by atoms with Crippen LogP contribution in [0.3, 0.4) is 0 Å². The zero-order chi connectivity index (χ0) is 17.7. The average molecular weight is 324 g/mol. The SMILES string of the molecule is CC(=O)c1ccc(NC(=O)CNc2ccccc2C(C)(C)C)cc1. The lowest BCUT2D eigenvalue weighted by atomic mass is 9.86. The summed E-state index contributed by atoms with van der Waals surface area (Å²) in [5, 5.41) is 6.03. The molecule has 0 heterocycles. The standard InChI is InChI=1S/C20H24N2O2/c1-14(23)15-9-11-16(12-10-15)22-19(24)13-21-18-8-6-5-7-17(18)20(2,3)4/h5-12,21H,13H2,1-4H3,(H,22,24). The van der Waals surface area contributed by atoms with Gasteiger partial charge in [-0.2, -0.15) is 0 Å². The van der Waals surface area contributed by atoms with Gasteiger partial charge in [-0.3, -0.25) is 9.59 Å². The fourth-order valence-electron chi connectivity index (χ4n) is 2.46. The van der Waals surface area contributed by atoms with Crippen LogP contribution in [0.25, 0.3) is 0 Å². The third-order valence-corrected chi connectivity index (χ3v) is 3.75. The highest BCUT2D eigenvalue weighted by molar-refractivity contribution is 5.96. The Bertz CT molecular complexity index is 728. The van der Waals surface area contributed by atoms with Crippen molar-refractivity contribution < 1.29 is 9.59 Å². The van der Waals surface area contributed by atoms with E-state index in [-0.39, 0.29) is 23.7 Å². The number of nitrogens with one attached hydrogen (secondary N) is 2. The topological polar surface area (TPSA) is 58.2 Å². The minimum atomic E-state index is -0.130. The first-order valence-electron chi connectivity index (χ1n) is 8.01.